The summed E-state index contributed by atoms with van der Waals surface area (Å²) in [6.45, 7) is 5.72. The van der Waals surface area contributed by atoms with Crippen LogP contribution >= 0.6 is 0 Å². The third-order valence-corrected chi connectivity index (χ3v) is 2.50. The van der Waals surface area contributed by atoms with Crippen molar-refractivity contribution in [3.8, 4) is 12.3 Å². The Morgan fingerprint density at radius 3 is 2.33 bits per heavy atom. The summed E-state index contributed by atoms with van der Waals surface area (Å²) in [5.74, 6) is 1.64. The third-order valence-electron chi connectivity index (χ3n) is 2.50. The summed E-state index contributed by atoms with van der Waals surface area (Å²) in [4.78, 5) is 22.6. The molecule has 0 aliphatic heterocycles. The molecule has 102 valence electrons. The number of terminal acetylenes is 1. The number of carboxylic acids is 1. The molecule has 0 aliphatic carbocycles. The molecule has 1 unspecified atom stereocenters. The van der Waals surface area contributed by atoms with Crippen LogP contribution in [0.1, 0.15) is 40.0 Å². The van der Waals surface area contributed by atoms with Crippen molar-refractivity contribution in [1.29, 1.82) is 0 Å². The van der Waals surface area contributed by atoms with Crippen LogP contribution in [0.5, 0.6) is 0 Å². The van der Waals surface area contributed by atoms with Crippen LogP contribution in [0.2, 0.25) is 0 Å². The monoisotopic (exact) mass is 254 g/mol. The van der Waals surface area contributed by atoms with Crippen molar-refractivity contribution in [3.63, 3.8) is 0 Å². The second-order valence-corrected chi connectivity index (χ2v) is 4.65. The van der Waals surface area contributed by atoms with Gasteiger partial charge in [0.05, 0.1) is 0 Å². The zero-order chi connectivity index (χ0) is 14.1. The molecule has 0 fully saturated rings. The van der Waals surface area contributed by atoms with E-state index in [2.05, 4.69) is 16.6 Å². The van der Waals surface area contributed by atoms with Crippen LogP contribution in [0.3, 0.4) is 0 Å². The van der Waals surface area contributed by atoms with E-state index in [1.54, 1.807) is 0 Å². The van der Waals surface area contributed by atoms with E-state index >= 15 is 0 Å². The quantitative estimate of drug-likeness (QED) is 0.604. The molecule has 0 heterocycles. The Hall–Kier alpha value is -1.70. The number of urea groups is 1. The molecule has 0 rings (SSSR count). The Balaban J connectivity index is 4.33. The van der Waals surface area contributed by atoms with Gasteiger partial charge in [0.15, 0.2) is 0 Å². The van der Waals surface area contributed by atoms with Gasteiger partial charge in [-0.2, -0.15) is 0 Å². The summed E-state index contributed by atoms with van der Waals surface area (Å²) in [6, 6.07) is -1.47. The SMILES string of the molecule is C#CCC(CC)NC(=O)N[C@@H](CC(C)C)C(=O)O. The van der Waals surface area contributed by atoms with Crippen molar-refractivity contribution in [1.82, 2.24) is 10.6 Å². The van der Waals surface area contributed by atoms with Gasteiger partial charge in [-0.25, -0.2) is 9.59 Å². The molecule has 3 N–H and O–H groups in total. The summed E-state index contributed by atoms with van der Waals surface area (Å²) in [5.41, 5.74) is 0. The summed E-state index contributed by atoms with van der Waals surface area (Å²) >= 11 is 0. The van der Waals surface area contributed by atoms with Crippen LogP contribution in [-0.4, -0.2) is 29.2 Å². The Morgan fingerprint density at radius 2 is 1.94 bits per heavy atom. The molecular weight excluding hydrogens is 232 g/mol. The van der Waals surface area contributed by atoms with Gasteiger partial charge in [-0.3, -0.25) is 0 Å². The van der Waals surface area contributed by atoms with E-state index in [0.717, 1.165) is 0 Å². The molecule has 18 heavy (non-hydrogen) atoms. The van der Waals surface area contributed by atoms with Gasteiger partial charge in [0.1, 0.15) is 6.04 Å². The lowest BCUT2D eigenvalue weighted by Gasteiger charge is -2.19. The van der Waals surface area contributed by atoms with Crippen molar-refractivity contribution >= 4 is 12.0 Å². The van der Waals surface area contributed by atoms with Crippen LogP contribution < -0.4 is 10.6 Å². The summed E-state index contributed by atoms with van der Waals surface area (Å²) in [5, 5.41) is 14.1. The van der Waals surface area contributed by atoms with Crippen molar-refractivity contribution in [3.05, 3.63) is 0 Å². The van der Waals surface area contributed by atoms with Gasteiger partial charge in [-0.15, -0.1) is 12.3 Å². The first-order valence-electron chi connectivity index (χ1n) is 6.13. The molecule has 5 nitrogen and oxygen atoms in total. The normalized spacial score (nSPS) is 13.5. The molecule has 0 aromatic rings. The molecule has 0 saturated heterocycles. The van der Waals surface area contributed by atoms with Gasteiger partial charge in [0.2, 0.25) is 0 Å². The van der Waals surface area contributed by atoms with E-state index in [4.69, 9.17) is 11.5 Å². The minimum Gasteiger partial charge on any atom is -0.480 e. The molecule has 0 radical (unpaired) electrons. The molecule has 0 spiro atoms. The van der Waals surface area contributed by atoms with E-state index in [0.29, 0.717) is 19.3 Å². The Labute approximate surface area is 108 Å². The standard InChI is InChI=1S/C13H22N2O3/c1-5-7-10(6-2)14-13(18)15-11(12(16)17)8-9(3)4/h1,9-11H,6-8H2,2-4H3,(H,16,17)(H2,14,15,18)/t10?,11-/m0/s1. The predicted octanol–water partition coefficient (Wildman–Crippen LogP) is 1.59. The summed E-state index contributed by atoms with van der Waals surface area (Å²) in [6.07, 6.45) is 6.72. The highest BCUT2D eigenvalue weighted by Gasteiger charge is 2.21. The van der Waals surface area contributed by atoms with Crippen LogP contribution in [0.4, 0.5) is 4.79 Å². The maximum Gasteiger partial charge on any atom is 0.326 e. The van der Waals surface area contributed by atoms with Crippen LogP contribution in [0, 0.1) is 18.3 Å². The number of hydrogen-bond acceptors (Lipinski definition) is 2. The highest BCUT2D eigenvalue weighted by molar-refractivity contribution is 5.82. The average molecular weight is 254 g/mol. The first-order valence-corrected chi connectivity index (χ1v) is 6.13. The van der Waals surface area contributed by atoms with Crippen LogP contribution in [-0.2, 0) is 4.79 Å². The Bertz CT molecular complexity index is 321. The maximum absolute atomic E-state index is 11.6. The molecule has 5 heteroatoms. The van der Waals surface area contributed by atoms with Gasteiger partial charge in [0.25, 0.3) is 0 Å². The number of carbonyl (C=O) groups excluding carboxylic acids is 1. The molecule has 0 aromatic heterocycles. The zero-order valence-corrected chi connectivity index (χ0v) is 11.2. The molecule has 2 atom stereocenters. The van der Waals surface area contributed by atoms with Gasteiger partial charge in [0, 0.05) is 12.5 Å². The number of nitrogens with one attached hydrogen (secondary N) is 2. The first-order chi connectivity index (χ1) is 8.40. The summed E-state index contributed by atoms with van der Waals surface area (Å²) in [7, 11) is 0. The fourth-order valence-corrected chi connectivity index (χ4v) is 1.52. The minimum absolute atomic E-state index is 0.122. The van der Waals surface area contributed by atoms with Crippen molar-refractivity contribution in [2.45, 2.75) is 52.1 Å². The van der Waals surface area contributed by atoms with Crippen LogP contribution in [0.25, 0.3) is 0 Å². The molecule has 2 amide bonds. The van der Waals surface area contributed by atoms with Gasteiger partial charge >= 0.3 is 12.0 Å². The lowest BCUT2D eigenvalue weighted by atomic mass is 10.0. The van der Waals surface area contributed by atoms with E-state index in [1.165, 1.54) is 0 Å². The number of aliphatic carboxylic acids is 1. The van der Waals surface area contributed by atoms with E-state index in [1.807, 2.05) is 20.8 Å². The fourth-order valence-electron chi connectivity index (χ4n) is 1.52. The fraction of sp³-hybridized carbons (Fsp3) is 0.692. The number of hydrogen-bond donors (Lipinski definition) is 3. The largest absolute Gasteiger partial charge is 0.480 e. The Morgan fingerprint density at radius 1 is 1.33 bits per heavy atom. The summed E-state index contributed by atoms with van der Waals surface area (Å²) < 4.78 is 0. The predicted molar refractivity (Wildman–Crippen MR) is 70.1 cm³/mol. The smallest absolute Gasteiger partial charge is 0.326 e. The molecular formula is C13H22N2O3. The number of carboxylic acid groups (broad SMARTS) is 1. The van der Waals surface area contributed by atoms with Gasteiger partial charge in [-0.05, 0) is 18.8 Å². The van der Waals surface area contributed by atoms with E-state index in [-0.39, 0.29) is 12.0 Å². The third kappa shape index (κ3) is 6.79. The molecule has 0 aromatic carbocycles. The number of rotatable bonds is 7. The van der Waals surface area contributed by atoms with E-state index < -0.39 is 18.0 Å². The Kier molecular flexibility index (Phi) is 7.61. The second kappa shape index (κ2) is 8.40. The topological polar surface area (TPSA) is 78.4 Å². The van der Waals surface area contributed by atoms with E-state index in [9.17, 15) is 9.59 Å². The van der Waals surface area contributed by atoms with Gasteiger partial charge < -0.3 is 15.7 Å². The number of amides is 2. The number of carbonyl (C=O) groups is 2. The molecule has 0 saturated carbocycles. The first kappa shape index (κ1) is 16.3. The lowest BCUT2D eigenvalue weighted by molar-refractivity contribution is -0.139. The maximum atomic E-state index is 11.6. The molecule has 0 bridgehead atoms. The highest BCUT2D eigenvalue weighted by Crippen LogP contribution is 2.05. The lowest BCUT2D eigenvalue weighted by Crippen LogP contribution is -2.49. The molecule has 0 aliphatic rings. The van der Waals surface area contributed by atoms with Crippen molar-refractivity contribution in [2.24, 2.45) is 5.92 Å². The highest BCUT2D eigenvalue weighted by atomic mass is 16.4. The second-order valence-electron chi connectivity index (χ2n) is 4.65. The average Bonchev–Trinajstić information content (AvgIpc) is 2.26. The van der Waals surface area contributed by atoms with Crippen LogP contribution in [0.15, 0.2) is 0 Å². The van der Waals surface area contributed by atoms with Gasteiger partial charge in [-0.1, -0.05) is 20.8 Å². The zero-order valence-electron chi connectivity index (χ0n) is 11.2. The minimum atomic E-state index is -1.02. The van der Waals surface area contributed by atoms with Crippen molar-refractivity contribution < 1.29 is 14.7 Å². The van der Waals surface area contributed by atoms with Crippen molar-refractivity contribution in [2.75, 3.05) is 0 Å².